The molecule has 0 radical (unpaired) electrons. The molecule has 0 saturated heterocycles. The van der Waals surface area contributed by atoms with Gasteiger partial charge in [-0.2, -0.15) is 0 Å². The molecule has 1 saturated carbocycles. The highest BCUT2D eigenvalue weighted by molar-refractivity contribution is 8.72. The maximum absolute atomic E-state index is 12.4. The minimum Gasteiger partial charge on any atom is -0.297 e. The number of nitrogens with zero attached hydrogens (tertiary/aromatic N) is 1. The molecule has 0 aromatic heterocycles. The van der Waals surface area contributed by atoms with Crippen LogP contribution in [0, 0.1) is 6.92 Å². The van der Waals surface area contributed by atoms with Crippen molar-refractivity contribution in [1.82, 2.24) is 4.90 Å². The van der Waals surface area contributed by atoms with Gasteiger partial charge in [0.1, 0.15) is 0 Å². The van der Waals surface area contributed by atoms with Crippen molar-refractivity contribution in [3.8, 4) is 0 Å². The molecule has 0 atom stereocenters. The van der Waals surface area contributed by atoms with E-state index in [4.69, 9.17) is 0 Å². The molecule has 0 N–H and O–H groups in total. The first-order valence-electron chi connectivity index (χ1n) is 6.96. The highest BCUT2D eigenvalue weighted by Crippen LogP contribution is 2.46. The van der Waals surface area contributed by atoms with Crippen LogP contribution in [-0.2, 0) is 8.87 Å². The van der Waals surface area contributed by atoms with Crippen molar-refractivity contribution in [2.75, 3.05) is 12.8 Å². The molecule has 1 aliphatic rings. The lowest BCUT2D eigenvalue weighted by atomic mass is 10.2. The van der Waals surface area contributed by atoms with E-state index in [0.29, 0.717) is 16.7 Å². The van der Waals surface area contributed by atoms with E-state index in [9.17, 15) is 8.42 Å². The van der Waals surface area contributed by atoms with Crippen LogP contribution in [0.1, 0.15) is 32.3 Å². The SMILES string of the molecule is Cc1ccc(S(=O)(=O)SCC2(N(C)C(C)C)CC2)cc1. The van der Waals surface area contributed by atoms with E-state index in [2.05, 4.69) is 25.8 Å². The van der Waals surface area contributed by atoms with Crippen molar-refractivity contribution in [2.24, 2.45) is 0 Å². The van der Waals surface area contributed by atoms with E-state index < -0.39 is 8.87 Å². The lowest BCUT2D eigenvalue weighted by Gasteiger charge is -2.31. The highest BCUT2D eigenvalue weighted by atomic mass is 33.1. The zero-order valence-corrected chi connectivity index (χ0v) is 14.2. The van der Waals surface area contributed by atoms with Gasteiger partial charge in [0.15, 0.2) is 0 Å². The Labute approximate surface area is 126 Å². The first-order valence-corrected chi connectivity index (χ1v) is 9.94. The number of hydrogen-bond donors (Lipinski definition) is 0. The molecule has 0 heterocycles. The number of rotatable bonds is 6. The van der Waals surface area contributed by atoms with Gasteiger partial charge in [0.2, 0.25) is 8.87 Å². The van der Waals surface area contributed by atoms with E-state index in [1.165, 1.54) is 0 Å². The lowest BCUT2D eigenvalue weighted by molar-refractivity contribution is 0.194. The summed E-state index contributed by atoms with van der Waals surface area (Å²) in [5.74, 6) is 0.651. The van der Waals surface area contributed by atoms with Crippen molar-refractivity contribution in [2.45, 2.75) is 50.1 Å². The number of aryl methyl sites for hydroxylation is 1. The van der Waals surface area contributed by atoms with Gasteiger partial charge in [-0.25, -0.2) is 8.42 Å². The van der Waals surface area contributed by atoms with Crippen molar-refractivity contribution in [1.29, 1.82) is 0 Å². The minimum absolute atomic E-state index is 0.0800. The molecule has 1 aromatic carbocycles. The molecule has 3 nitrogen and oxygen atoms in total. The van der Waals surface area contributed by atoms with Crippen molar-refractivity contribution < 1.29 is 8.42 Å². The second-order valence-electron chi connectivity index (χ2n) is 5.96. The summed E-state index contributed by atoms with van der Waals surface area (Å²) >= 11 is 0. The topological polar surface area (TPSA) is 37.4 Å². The molecule has 0 amide bonds. The van der Waals surface area contributed by atoms with Crippen molar-refractivity contribution in [3.05, 3.63) is 29.8 Å². The molecule has 1 aliphatic carbocycles. The number of benzene rings is 1. The normalized spacial score (nSPS) is 17.7. The molecule has 1 aromatic rings. The summed E-state index contributed by atoms with van der Waals surface area (Å²) in [6.45, 7) is 6.26. The fraction of sp³-hybridized carbons (Fsp3) is 0.600. The van der Waals surface area contributed by atoms with Gasteiger partial charge >= 0.3 is 0 Å². The van der Waals surface area contributed by atoms with Crippen molar-refractivity contribution in [3.63, 3.8) is 0 Å². The second-order valence-corrected chi connectivity index (χ2v) is 9.89. The molecule has 0 bridgehead atoms. The molecule has 0 aliphatic heterocycles. The molecule has 0 spiro atoms. The molecular weight excluding hydrogens is 290 g/mol. The number of hydrogen-bond acceptors (Lipinski definition) is 4. The van der Waals surface area contributed by atoms with Gasteiger partial charge < -0.3 is 0 Å². The summed E-state index contributed by atoms with van der Waals surface area (Å²) in [6, 6.07) is 7.54. The molecular formula is C15H23NO2S2. The highest BCUT2D eigenvalue weighted by Gasteiger charge is 2.47. The zero-order valence-electron chi connectivity index (χ0n) is 12.6. The summed E-state index contributed by atoms with van der Waals surface area (Å²) in [4.78, 5) is 2.72. The Balaban J connectivity index is 2.05. The van der Waals surface area contributed by atoms with Crippen LogP contribution in [0.25, 0.3) is 0 Å². The Hall–Kier alpha value is -0.520. The Bertz CT molecular complexity index is 560. The van der Waals surface area contributed by atoms with Gasteiger partial charge in [0.25, 0.3) is 0 Å². The van der Waals surface area contributed by atoms with E-state index in [-0.39, 0.29) is 5.54 Å². The lowest BCUT2D eigenvalue weighted by Crippen LogP contribution is -2.41. The van der Waals surface area contributed by atoms with Crippen LogP contribution in [0.3, 0.4) is 0 Å². The fourth-order valence-electron chi connectivity index (χ4n) is 2.25. The van der Waals surface area contributed by atoms with E-state index in [1.54, 1.807) is 12.1 Å². The average Bonchev–Trinajstić information content (AvgIpc) is 3.17. The van der Waals surface area contributed by atoms with Crippen LogP contribution >= 0.6 is 10.8 Å². The molecule has 112 valence electrons. The third-order valence-corrected chi connectivity index (χ3v) is 7.82. The monoisotopic (exact) mass is 313 g/mol. The molecule has 2 rings (SSSR count). The third-order valence-electron chi connectivity index (χ3n) is 4.14. The quantitative estimate of drug-likeness (QED) is 0.755. The fourth-order valence-corrected chi connectivity index (χ4v) is 5.59. The van der Waals surface area contributed by atoms with E-state index in [1.807, 2.05) is 19.1 Å². The summed E-state index contributed by atoms with van der Waals surface area (Å²) in [6.07, 6.45) is 2.19. The van der Waals surface area contributed by atoms with E-state index in [0.717, 1.165) is 29.2 Å². The third kappa shape index (κ3) is 3.38. The van der Waals surface area contributed by atoms with Crippen molar-refractivity contribution >= 4 is 19.7 Å². The van der Waals surface area contributed by atoms with Crippen LogP contribution in [0.15, 0.2) is 29.2 Å². The zero-order chi connectivity index (χ0) is 15.0. The molecule has 20 heavy (non-hydrogen) atoms. The summed E-state index contributed by atoms with van der Waals surface area (Å²) in [5.41, 5.74) is 1.16. The Morgan fingerprint density at radius 3 is 2.25 bits per heavy atom. The van der Waals surface area contributed by atoms with Gasteiger partial charge in [0, 0.05) is 17.3 Å². The van der Waals surface area contributed by atoms with Crippen LogP contribution in [-0.4, -0.2) is 37.7 Å². The summed E-state index contributed by atoms with van der Waals surface area (Å²) < 4.78 is 24.7. The van der Waals surface area contributed by atoms with Crippen LogP contribution in [0.5, 0.6) is 0 Å². The first-order chi connectivity index (χ1) is 9.27. The van der Waals surface area contributed by atoms with Gasteiger partial charge in [-0.1, -0.05) is 17.7 Å². The standard InChI is InChI=1S/C15H23NO2S2/c1-12(2)16(4)15(9-10-15)11-19-20(17,18)14-7-5-13(3)6-8-14/h5-8,12H,9-11H2,1-4H3. The van der Waals surface area contributed by atoms with E-state index >= 15 is 0 Å². The molecule has 1 fully saturated rings. The van der Waals surface area contributed by atoms with Crippen LogP contribution in [0.4, 0.5) is 0 Å². The van der Waals surface area contributed by atoms with Gasteiger partial charge in [-0.15, -0.1) is 0 Å². The first kappa shape index (κ1) is 15.9. The summed E-state index contributed by atoms with van der Waals surface area (Å²) in [7, 11) is -0.0621. The molecule has 0 unspecified atom stereocenters. The van der Waals surface area contributed by atoms with Crippen LogP contribution in [0.2, 0.25) is 0 Å². The maximum atomic E-state index is 12.4. The second kappa shape index (κ2) is 5.70. The average molecular weight is 313 g/mol. The summed E-state index contributed by atoms with van der Waals surface area (Å²) in [5, 5.41) is 0. The Morgan fingerprint density at radius 1 is 1.25 bits per heavy atom. The smallest absolute Gasteiger partial charge is 0.230 e. The Kier molecular flexibility index (Phi) is 4.52. The van der Waals surface area contributed by atoms with Gasteiger partial charge in [-0.3, -0.25) is 4.90 Å². The molecule has 5 heteroatoms. The Morgan fingerprint density at radius 2 is 1.80 bits per heavy atom. The van der Waals surface area contributed by atoms with Gasteiger partial charge in [-0.05, 0) is 63.6 Å². The minimum atomic E-state index is -3.24. The van der Waals surface area contributed by atoms with Crippen LogP contribution < -0.4 is 0 Å². The maximum Gasteiger partial charge on any atom is 0.230 e. The van der Waals surface area contributed by atoms with Gasteiger partial charge in [0.05, 0.1) is 4.90 Å². The predicted molar refractivity (Wildman–Crippen MR) is 85.7 cm³/mol. The predicted octanol–water partition coefficient (Wildman–Crippen LogP) is 3.29. The largest absolute Gasteiger partial charge is 0.297 e.